The van der Waals surface area contributed by atoms with E-state index in [1.807, 2.05) is 29.7 Å². The van der Waals surface area contributed by atoms with E-state index >= 15 is 0 Å². The molecule has 0 bridgehead atoms. The second-order valence-electron chi connectivity index (χ2n) is 6.46. The number of carbonyl (C=O) groups excluding carboxylic acids is 1. The van der Waals surface area contributed by atoms with E-state index in [0.717, 1.165) is 34.6 Å². The first-order chi connectivity index (χ1) is 10.4. The predicted octanol–water partition coefficient (Wildman–Crippen LogP) is 4.27. The first kappa shape index (κ1) is 15.0. The van der Waals surface area contributed by atoms with Crippen molar-refractivity contribution < 1.29 is 9.53 Å². The minimum atomic E-state index is -0.0373. The molecule has 0 saturated carbocycles. The molecule has 1 aliphatic rings. The highest BCUT2D eigenvalue weighted by Gasteiger charge is 2.25. The Hall–Kier alpha value is -1.94. The van der Waals surface area contributed by atoms with Crippen LogP contribution in [0.2, 0.25) is 0 Å². The molecule has 0 spiro atoms. The molecule has 4 heteroatoms. The van der Waals surface area contributed by atoms with Crippen molar-refractivity contribution in [3.05, 3.63) is 51.5 Å². The molecule has 0 saturated heterocycles. The fraction of sp³-hybridized carbons (Fsp3) is 0.333. The van der Waals surface area contributed by atoms with Gasteiger partial charge in [0.25, 0.3) is 0 Å². The Morgan fingerprint density at radius 3 is 2.73 bits per heavy atom. The molecule has 2 aromatic rings. The van der Waals surface area contributed by atoms with Crippen LogP contribution in [-0.4, -0.2) is 17.9 Å². The van der Waals surface area contributed by atoms with E-state index in [2.05, 4.69) is 25.8 Å². The van der Waals surface area contributed by atoms with Crippen LogP contribution in [0.25, 0.3) is 5.57 Å². The molecule has 114 valence electrons. The quantitative estimate of drug-likeness (QED) is 0.794. The normalized spacial score (nSPS) is 13.7. The molecule has 0 atom stereocenters. The van der Waals surface area contributed by atoms with Crippen LogP contribution in [0.15, 0.2) is 29.7 Å². The molecular formula is C18H19NO2S. The summed E-state index contributed by atoms with van der Waals surface area (Å²) in [5, 5.41) is 2.55. The Bertz CT molecular complexity index is 766. The van der Waals surface area contributed by atoms with Gasteiger partial charge in [0.15, 0.2) is 5.01 Å². The van der Waals surface area contributed by atoms with Gasteiger partial charge in [-0.25, -0.2) is 4.98 Å². The topological polar surface area (TPSA) is 39.2 Å². The molecule has 0 radical (unpaired) electrons. The van der Waals surface area contributed by atoms with E-state index in [4.69, 9.17) is 4.74 Å². The van der Waals surface area contributed by atoms with Gasteiger partial charge in [-0.15, -0.1) is 11.3 Å². The molecule has 0 amide bonds. The summed E-state index contributed by atoms with van der Waals surface area (Å²) in [4.78, 5) is 17.3. The van der Waals surface area contributed by atoms with Gasteiger partial charge in [-0.3, -0.25) is 4.79 Å². The Labute approximate surface area is 134 Å². The fourth-order valence-electron chi connectivity index (χ4n) is 2.50. The van der Waals surface area contributed by atoms with Crippen LogP contribution in [0.4, 0.5) is 0 Å². The highest BCUT2D eigenvalue weighted by atomic mass is 32.1. The van der Waals surface area contributed by atoms with E-state index < -0.39 is 0 Å². The highest BCUT2D eigenvalue weighted by Crippen LogP contribution is 2.34. The van der Waals surface area contributed by atoms with Crippen molar-refractivity contribution in [2.75, 3.05) is 7.11 Å². The van der Waals surface area contributed by atoms with E-state index in [0.29, 0.717) is 5.01 Å². The molecule has 1 heterocycles. The summed E-state index contributed by atoms with van der Waals surface area (Å²) >= 11 is 1.43. The summed E-state index contributed by atoms with van der Waals surface area (Å²) in [5.74, 6) is 0.842. The summed E-state index contributed by atoms with van der Waals surface area (Å²) in [7, 11) is 1.65. The Kier molecular flexibility index (Phi) is 3.65. The van der Waals surface area contributed by atoms with E-state index in [1.165, 1.54) is 11.3 Å². The fourth-order valence-corrected chi connectivity index (χ4v) is 3.50. The van der Waals surface area contributed by atoms with E-state index in [-0.39, 0.29) is 11.2 Å². The molecule has 0 aliphatic heterocycles. The minimum absolute atomic E-state index is 0.0180. The van der Waals surface area contributed by atoms with Crippen LogP contribution in [0.3, 0.4) is 0 Å². The zero-order valence-electron chi connectivity index (χ0n) is 13.3. The van der Waals surface area contributed by atoms with Crippen molar-refractivity contribution in [3.63, 3.8) is 0 Å². The van der Waals surface area contributed by atoms with Gasteiger partial charge in [-0.1, -0.05) is 32.9 Å². The maximum absolute atomic E-state index is 12.8. The van der Waals surface area contributed by atoms with Crippen LogP contribution in [-0.2, 0) is 11.8 Å². The number of ketones is 1. The zero-order chi connectivity index (χ0) is 15.9. The van der Waals surface area contributed by atoms with Gasteiger partial charge in [0.05, 0.1) is 12.8 Å². The number of Topliss-reactive ketones (excluding diaryl/α,β-unsaturated/α-hetero) is 1. The van der Waals surface area contributed by atoms with Gasteiger partial charge in [-0.2, -0.15) is 0 Å². The number of hydrogen-bond acceptors (Lipinski definition) is 4. The largest absolute Gasteiger partial charge is 0.497 e. The minimum Gasteiger partial charge on any atom is -0.497 e. The van der Waals surface area contributed by atoms with Gasteiger partial charge in [0.1, 0.15) is 5.75 Å². The average Bonchev–Trinajstić information content (AvgIpc) is 3.12. The Balaban J connectivity index is 1.91. The van der Waals surface area contributed by atoms with Gasteiger partial charge >= 0.3 is 0 Å². The van der Waals surface area contributed by atoms with Gasteiger partial charge in [0, 0.05) is 16.4 Å². The highest BCUT2D eigenvalue weighted by molar-refractivity contribution is 7.12. The molecule has 0 N–H and O–H groups in total. The van der Waals surface area contributed by atoms with Crippen molar-refractivity contribution in [1.29, 1.82) is 0 Å². The number of methoxy groups -OCH3 is 1. The molecule has 1 aromatic carbocycles. The summed E-state index contributed by atoms with van der Waals surface area (Å²) in [6.45, 7) is 6.31. The van der Waals surface area contributed by atoms with Crippen molar-refractivity contribution >= 4 is 22.7 Å². The number of aromatic nitrogens is 1. The number of carbonyl (C=O) groups is 1. The van der Waals surface area contributed by atoms with Crippen molar-refractivity contribution in [3.8, 4) is 5.75 Å². The number of benzene rings is 1. The lowest BCUT2D eigenvalue weighted by atomic mass is 9.93. The number of fused-ring (bicyclic) bond motifs is 1. The van der Waals surface area contributed by atoms with Gasteiger partial charge in [-0.05, 0) is 29.7 Å². The van der Waals surface area contributed by atoms with Crippen LogP contribution in [0.1, 0.15) is 47.4 Å². The molecule has 22 heavy (non-hydrogen) atoms. The lowest BCUT2D eigenvalue weighted by Gasteiger charge is -2.14. The van der Waals surface area contributed by atoms with Crippen molar-refractivity contribution in [2.45, 2.75) is 32.6 Å². The number of allylic oxidation sites excluding steroid dienone is 2. The van der Waals surface area contributed by atoms with Crippen LogP contribution >= 0.6 is 11.3 Å². The van der Waals surface area contributed by atoms with Crippen LogP contribution < -0.4 is 4.74 Å². The summed E-state index contributed by atoms with van der Waals surface area (Å²) < 4.78 is 5.24. The monoisotopic (exact) mass is 313 g/mol. The summed E-state index contributed by atoms with van der Waals surface area (Å²) in [6, 6.07) is 5.85. The number of thiazole rings is 1. The number of hydrogen-bond donors (Lipinski definition) is 0. The summed E-state index contributed by atoms with van der Waals surface area (Å²) in [6.07, 6.45) is 2.76. The number of rotatable bonds is 3. The first-order valence-corrected chi connectivity index (χ1v) is 8.16. The molecular weight excluding hydrogens is 294 g/mol. The average molecular weight is 313 g/mol. The standard InChI is InChI=1S/C18H19NO2S/c1-18(2,3)15-10-22-17(19-15)16(20)14-7-5-11-9-12(21-4)6-8-13(11)14/h6-10H,5H2,1-4H3. The van der Waals surface area contributed by atoms with Gasteiger partial charge in [0.2, 0.25) is 5.78 Å². The molecule has 1 aliphatic carbocycles. The smallest absolute Gasteiger partial charge is 0.221 e. The van der Waals surface area contributed by atoms with E-state index in [9.17, 15) is 4.79 Å². The van der Waals surface area contributed by atoms with E-state index in [1.54, 1.807) is 7.11 Å². The zero-order valence-corrected chi connectivity index (χ0v) is 14.1. The second-order valence-corrected chi connectivity index (χ2v) is 7.32. The second kappa shape index (κ2) is 5.36. The lowest BCUT2D eigenvalue weighted by molar-refractivity contribution is 0.105. The molecule has 0 unspecified atom stereocenters. The molecule has 3 nitrogen and oxygen atoms in total. The van der Waals surface area contributed by atoms with Crippen LogP contribution in [0.5, 0.6) is 5.75 Å². The Morgan fingerprint density at radius 2 is 2.09 bits per heavy atom. The third-order valence-corrected chi connectivity index (χ3v) is 4.68. The molecule has 3 rings (SSSR count). The maximum Gasteiger partial charge on any atom is 0.221 e. The third-order valence-electron chi connectivity index (χ3n) is 3.84. The first-order valence-electron chi connectivity index (χ1n) is 7.28. The van der Waals surface area contributed by atoms with Gasteiger partial charge < -0.3 is 4.74 Å². The lowest BCUT2D eigenvalue weighted by Crippen LogP contribution is -2.12. The predicted molar refractivity (Wildman–Crippen MR) is 89.8 cm³/mol. The molecule has 1 aromatic heterocycles. The molecule has 0 fully saturated rings. The third kappa shape index (κ3) is 2.59. The number of ether oxygens (including phenoxy) is 1. The SMILES string of the molecule is COc1ccc2c(c1)CC=C2C(=O)c1nc(C(C)(C)C)cs1. The Morgan fingerprint density at radius 1 is 1.32 bits per heavy atom. The van der Waals surface area contributed by atoms with Crippen molar-refractivity contribution in [1.82, 2.24) is 4.98 Å². The van der Waals surface area contributed by atoms with Crippen molar-refractivity contribution in [2.24, 2.45) is 0 Å². The van der Waals surface area contributed by atoms with Crippen LogP contribution in [0, 0.1) is 0 Å². The number of nitrogens with zero attached hydrogens (tertiary/aromatic N) is 1. The maximum atomic E-state index is 12.8. The summed E-state index contributed by atoms with van der Waals surface area (Å²) in [5.41, 5.74) is 3.82.